The number of carbonyl (C=O) groups is 2. The van der Waals surface area contributed by atoms with Crippen LogP contribution in [0.2, 0.25) is 0 Å². The molecule has 1 aliphatic heterocycles. The lowest BCUT2D eigenvalue weighted by Gasteiger charge is -2.42. The molecule has 0 saturated carbocycles. The first kappa shape index (κ1) is 33.0. The standard InChI is InChI=1S/C37H38FIN2O3S/c1-36(2,3)44-35(43)41-26-34(42)40(33-22-27(24-38)21-31(39)23-33)25-32(41)19-20-45-37(28-13-7-4-8-14-28,29-15-9-5-10-16-29)30-17-11-6-12-18-30/h4-18,21-23,32H,19-20,24-26H2,1-3H3/t32-/m0/s1. The molecule has 0 radical (unpaired) electrons. The molecular weight excluding hydrogens is 698 g/mol. The zero-order chi connectivity index (χ0) is 32.0. The molecule has 8 heteroatoms. The van der Waals surface area contributed by atoms with E-state index in [-0.39, 0.29) is 18.5 Å². The predicted molar refractivity (Wildman–Crippen MR) is 189 cm³/mol. The molecule has 1 aliphatic rings. The monoisotopic (exact) mass is 736 g/mol. The molecule has 4 aromatic rings. The first-order valence-electron chi connectivity index (χ1n) is 15.1. The molecule has 1 heterocycles. The highest BCUT2D eigenvalue weighted by atomic mass is 127. The van der Waals surface area contributed by atoms with Gasteiger partial charge in [0, 0.05) is 15.8 Å². The fraction of sp³-hybridized carbons (Fsp3) is 0.297. The van der Waals surface area contributed by atoms with Gasteiger partial charge in [-0.1, -0.05) is 91.0 Å². The van der Waals surface area contributed by atoms with Crippen molar-refractivity contribution in [2.45, 2.75) is 50.3 Å². The molecule has 0 aliphatic carbocycles. The van der Waals surface area contributed by atoms with Crippen LogP contribution in [0.1, 0.15) is 49.4 Å². The van der Waals surface area contributed by atoms with Crippen molar-refractivity contribution < 1.29 is 18.7 Å². The van der Waals surface area contributed by atoms with Crippen LogP contribution in [0.15, 0.2) is 109 Å². The number of ether oxygens (including phenoxy) is 1. The Balaban J connectivity index is 1.49. The summed E-state index contributed by atoms with van der Waals surface area (Å²) in [6, 6.07) is 36.6. The van der Waals surface area contributed by atoms with Crippen molar-refractivity contribution in [2.75, 3.05) is 23.7 Å². The van der Waals surface area contributed by atoms with Crippen LogP contribution in [-0.4, -0.2) is 47.4 Å². The van der Waals surface area contributed by atoms with E-state index < -0.39 is 23.1 Å². The summed E-state index contributed by atoms with van der Waals surface area (Å²) >= 11 is 3.97. The Morgan fingerprint density at radius 2 is 1.42 bits per heavy atom. The summed E-state index contributed by atoms with van der Waals surface area (Å²) in [4.78, 5) is 30.2. The number of piperazine rings is 1. The Labute approximate surface area is 283 Å². The van der Waals surface area contributed by atoms with Crippen LogP contribution >= 0.6 is 34.4 Å². The van der Waals surface area contributed by atoms with E-state index in [9.17, 15) is 14.0 Å². The van der Waals surface area contributed by atoms with Crippen LogP contribution in [0, 0.1) is 3.57 Å². The van der Waals surface area contributed by atoms with Gasteiger partial charge in [0.2, 0.25) is 5.91 Å². The second kappa shape index (κ2) is 14.4. The summed E-state index contributed by atoms with van der Waals surface area (Å²) in [5, 5.41) is 0. The van der Waals surface area contributed by atoms with Crippen LogP contribution in [0.3, 0.4) is 0 Å². The second-order valence-electron chi connectivity index (χ2n) is 12.1. The van der Waals surface area contributed by atoms with Gasteiger partial charge in [0.1, 0.15) is 18.8 Å². The van der Waals surface area contributed by atoms with E-state index >= 15 is 0 Å². The maximum atomic E-state index is 13.7. The molecule has 0 N–H and O–H groups in total. The third kappa shape index (κ3) is 7.72. The molecule has 5 nitrogen and oxygen atoms in total. The van der Waals surface area contributed by atoms with E-state index in [0.717, 1.165) is 20.3 Å². The van der Waals surface area contributed by atoms with Crippen molar-refractivity contribution in [1.29, 1.82) is 0 Å². The van der Waals surface area contributed by atoms with Crippen molar-refractivity contribution in [3.8, 4) is 0 Å². The third-order valence-electron chi connectivity index (χ3n) is 7.79. The summed E-state index contributed by atoms with van der Waals surface area (Å²) in [5.74, 6) is 0.469. The summed E-state index contributed by atoms with van der Waals surface area (Å²) in [7, 11) is 0. The fourth-order valence-electron chi connectivity index (χ4n) is 5.78. The molecule has 4 aromatic carbocycles. The minimum absolute atomic E-state index is 0.109. The number of amides is 2. The topological polar surface area (TPSA) is 49.9 Å². The molecule has 0 bridgehead atoms. The van der Waals surface area contributed by atoms with Crippen molar-refractivity contribution in [1.82, 2.24) is 4.90 Å². The molecule has 5 rings (SSSR count). The van der Waals surface area contributed by atoms with Crippen LogP contribution in [0.4, 0.5) is 14.9 Å². The molecule has 1 atom stereocenters. The molecule has 1 saturated heterocycles. The maximum Gasteiger partial charge on any atom is 0.411 e. The van der Waals surface area contributed by atoms with E-state index in [1.165, 1.54) is 0 Å². The summed E-state index contributed by atoms with van der Waals surface area (Å²) < 4.78 is 19.8. The summed E-state index contributed by atoms with van der Waals surface area (Å²) in [6.07, 6.45) is 0.111. The highest BCUT2D eigenvalue weighted by Crippen LogP contribution is 2.49. The van der Waals surface area contributed by atoms with Crippen LogP contribution < -0.4 is 4.90 Å². The third-order valence-corrected chi connectivity index (χ3v) is 9.99. The van der Waals surface area contributed by atoms with Crippen molar-refractivity contribution >= 4 is 52.0 Å². The van der Waals surface area contributed by atoms with Gasteiger partial charge in [-0.15, -0.1) is 11.8 Å². The zero-order valence-electron chi connectivity index (χ0n) is 25.8. The van der Waals surface area contributed by atoms with E-state index in [0.29, 0.717) is 30.0 Å². The van der Waals surface area contributed by atoms with Crippen LogP contribution in [0.25, 0.3) is 0 Å². The number of halogens is 2. The van der Waals surface area contributed by atoms with Gasteiger partial charge in [-0.3, -0.25) is 9.69 Å². The lowest BCUT2D eigenvalue weighted by atomic mass is 9.84. The Morgan fingerprint density at radius 3 is 1.91 bits per heavy atom. The minimum atomic E-state index is -0.703. The SMILES string of the molecule is CC(C)(C)OC(=O)N1CC(=O)N(c2cc(I)cc(CF)c2)C[C@@H]1CCSC(c1ccccc1)(c1ccccc1)c1ccccc1. The molecule has 2 amide bonds. The van der Waals surface area contributed by atoms with Gasteiger partial charge in [0.05, 0.1) is 10.8 Å². The molecule has 234 valence electrons. The van der Waals surface area contributed by atoms with E-state index in [4.69, 9.17) is 4.74 Å². The van der Waals surface area contributed by atoms with Gasteiger partial charge < -0.3 is 9.64 Å². The Bertz CT molecular complexity index is 1500. The smallest absolute Gasteiger partial charge is 0.411 e. The van der Waals surface area contributed by atoms with Crippen LogP contribution in [-0.2, 0) is 21.0 Å². The first-order valence-corrected chi connectivity index (χ1v) is 17.1. The number of alkyl halides is 1. The van der Waals surface area contributed by atoms with Crippen molar-refractivity contribution in [3.05, 3.63) is 135 Å². The van der Waals surface area contributed by atoms with Crippen molar-refractivity contribution in [2.24, 2.45) is 0 Å². The number of carbonyl (C=O) groups excluding carboxylic acids is 2. The van der Waals surface area contributed by atoms with Gasteiger partial charge in [-0.05, 0) is 96.0 Å². The number of hydrogen-bond donors (Lipinski definition) is 0. The number of hydrogen-bond acceptors (Lipinski definition) is 4. The lowest BCUT2D eigenvalue weighted by Crippen LogP contribution is -2.59. The quantitative estimate of drug-likeness (QED) is 0.127. The largest absolute Gasteiger partial charge is 0.444 e. The molecule has 0 aromatic heterocycles. The minimum Gasteiger partial charge on any atom is -0.444 e. The molecular formula is C37H38FIN2O3S. The van der Waals surface area contributed by atoms with E-state index in [2.05, 4.69) is 95.4 Å². The maximum absolute atomic E-state index is 13.7. The normalized spacial score (nSPS) is 15.7. The molecule has 45 heavy (non-hydrogen) atoms. The van der Waals surface area contributed by atoms with Gasteiger partial charge in [0.15, 0.2) is 0 Å². The van der Waals surface area contributed by atoms with Gasteiger partial charge in [-0.2, -0.15) is 0 Å². The fourth-order valence-corrected chi connectivity index (χ4v) is 8.11. The van der Waals surface area contributed by atoms with Crippen LogP contribution in [0.5, 0.6) is 0 Å². The predicted octanol–water partition coefficient (Wildman–Crippen LogP) is 8.83. The number of anilines is 1. The first-order chi connectivity index (χ1) is 21.6. The highest BCUT2D eigenvalue weighted by Gasteiger charge is 2.40. The number of rotatable bonds is 9. The Hall–Kier alpha value is -3.37. The number of thioether (sulfide) groups is 1. The molecule has 1 fully saturated rings. The van der Waals surface area contributed by atoms with Gasteiger partial charge in [-0.25, -0.2) is 9.18 Å². The number of nitrogens with zero attached hydrogens (tertiary/aromatic N) is 2. The molecule has 0 spiro atoms. The highest BCUT2D eigenvalue weighted by molar-refractivity contribution is 14.1. The summed E-state index contributed by atoms with van der Waals surface area (Å²) in [5.41, 5.74) is 3.95. The average molecular weight is 737 g/mol. The van der Waals surface area contributed by atoms with E-state index in [1.807, 2.05) is 56.8 Å². The molecule has 0 unspecified atom stereocenters. The second-order valence-corrected chi connectivity index (χ2v) is 14.7. The number of benzene rings is 4. The average Bonchev–Trinajstić information content (AvgIpc) is 3.03. The van der Waals surface area contributed by atoms with Gasteiger partial charge in [0.25, 0.3) is 0 Å². The Morgan fingerprint density at radius 1 is 0.889 bits per heavy atom. The van der Waals surface area contributed by atoms with E-state index in [1.54, 1.807) is 21.9 Å². The van der Waals surface area contributed by atoms with Gasteiger partial charge >= 0.3 is 6.09 Å². The zero-order valence-corrected chi connectivity index (χ0v) is 28.8. The summed E-state index contributed by atoms with van der Waals surface area (Å²) in [6.45, 7) is 5.04. The van der Waals surface area contributed by atoms with Crippen molar-refractivity contribution in [3.63, 3.8) is 0 Å². The lowest BCUT2D eigenvalue weighted by molar-refractivity contribution is -0.122. The Kier molecular flexibility index (Phi) is 10.5.